The summed E-state index contributed by atoms with van der Waals surface area (Å²) in [5.74, 6) is 1.06. The predicted molar refractivity (Wildman–Crippen MR) is 45.7 cm³/mol. The summed E-state index contributed by atoms with van der Waals surface area (Å²) in [5.41, 5.74) is 6.02. The highest BCUT2D eigenvalue weighted by atomic mass is 15.1. The standard InChI is InChI=1S/C8H15N3/c9-8(3-1-4-8)7-10-5-2-6-11-7/h1-6,9H2,(H,10,11). The van der Waals surface area contributed by atoms with Crippen LogP contribution in [0.4, 0.5) is 0 Å². The van der Waals surface area contributed by atoms with Crippen LogP contribution in [0.15, 0.2) is 4.99 Å². The number of hydrogen-bond donors (Lipinski definition) is 2. The molecule has 0 amide bonds. The zero-order chi connectivity index (χ0) is 7.73. The topological polar surface area (TPSA) is 50.4 Å². The van der Waals surface area contributed by atoms with E-state index in [-0.39, 0.29) is 5.54 Å². The van der Waals surface area contributed by atoms with E-state index in [1.807, 2.05) is 0 Å². The van der Waals surface area contributed by atoms with Crippen LogP contribution in [0.1, 0.15) is 25.7 Å². The Morgan fingerprint density at radius 3 is 2.64 bits per heavy atom. The highest BCUT2D eigenvalue weighted by Crippen LogP contribution is 2.30. The van der Waals surface area contributed by atoms with Crippen molar-refractivity contribution in [1.82, 2.24) is 5.32 Å². The molecule has 0 aromatic carbocycles. The fraction of sp³-hybridized carbons (Fsp3) is 0.875. The summed E-state index contributed by atoms with van der Waals surface area (Å²) in [6, 6.07) is 0. The Kier molecular flexibility index (Phi) is 1.60. The van der Waals surface area contributed by atoms with E-state index >= 15 is 0 Å². The third kappa shape index (κ3) is 1.13. The van der Waals surface area contributed by atoms with Gasteiger partial charge in [0.25, 0.3) is 0 Å². The van der Waals surface area contributed by atoms with Gasteiger partial charge in [0.15, 0.2) is 0 Å². The minimum Gasteiger partial charge on any atom is -0.372 e. The molecule has 0 aromatic heterocycles. The van der Waals surface area contributed by atoms with Gasteiger partial charge in [0, 0.05) is 13.1 Å². The van der Waals surface area contributed by atoms with Gasteiger partial charge in [-0.2, -0.15) is 0 Å². The average Bonchev–Trinajstić information content (AvgIpc) is 2.02. The van der Waals surface area contributed by atoms with Gasteiger partial charge in [-0.3, -0.25) is 4.99 Å². The number of nitrogens with zero attached hydrogens (tertiary/aromatic N) is 1. The fourth-order valence-corrected chi connectivity index (χ4v) is 1.66. The second-order valence-electron chi connectivity index (χ2n) is 3.52. The molecule has 62 valence electrons. The van der Waals surface area contributed by atoms with E-state index in [2.05, 4.69) is 10.3 Å². The Bertz CT molecular complexity index is 182. The highest BCUT2D eigenvalue weighted by molar-refractivity contribution is 5.92. The fourth-order valence-electron chi connectivity index (χ4n) is 1.66. The highest BCUT2D eigenvalue weighted by Gasteiger charge is 2.38. The van der Waals surface area contributed by atoms with Gasteiger partial charge < -0.3 is 11.1 Å². The Morgan fingerprint density at radius 1 is 1.36 bits per heavy atom. The van der Waals surface area contributed by atoms with Crippen molar-refractivity contribution in [3.8, 4) is 0 Å². The number of nitrogens with one attached hydrogen (secondary N) is 1. The molecule has 0 aromatic rings. The zero-order valence-electron chi connectivity index (χ0n) is 6.77. The lowest BCUT2D eigenvalue weighted by Gasteiger charge is -2.40. The van der Waals surface area contributed by atoms with Crippen molar-refractivity contribution in [3.05, 3.63) is 0 Å². The third-order valence-electron chi connectivity index (χ3n) is 2.61. The molecule has 1 aliphatic carbocycles. The van der Waals surface area contributed by atoms with E-state index < -0.39 is 0 Å². The molecule has 1 aliphatic heterocycles. The van der Waals surface area contributed by atoms with Crippen LogP contribution in [0.3, 0.4) is 0 Å². The van der Waals surface area contributed by atoms with E-state index in [1.165, 1.54) is 6.42 Å². The monoisotopic (exact) mass is 153 g/mol. The first-order valence-electron chi connectivity index (χ1n) is 4.39. The van der Waals surface area contributed by atoms with E-state index in [9.17, 15) is 0 Å². The smallest absolute Gasteiger partial charge is 0.117 e. The number of nitrogens with two attached hydrogens (primary N) is 1. The second kappa shape index (κ2) is 2.48. The van der Waals surface area contributed by atoms with Crippen molar-refractivity contribution in [1.29, 1.82) is 0 Å². The lowest BCUT2D eigenvalue weighted by Crippen LogP contribution is -2.59. The van der Waals surface area contributed by atoms with E-state index in [0.29, 0.717) is 0 Å². The molecular weight excluding hydrogens is 138 g/mol. The summed E-state index contributed by atoms with van der Waals surface area (Å²) in [5, 5.41) is 3.29. The minimum atomic E-state index is -0.0690. The summed E-state index contributed by atoms with van der Waals surface area (Å²) >= 11 is 0. The lowest BCUT2D eigenvalue weighted by atomic mass is 9.76. The van der Waals surface area contributed by atoms with Gasteiger partial charge in [-0.25, -0.2) is 0 Å². The maximum Gasteiger partial charge on any atom is 0.117 e. The molecule has 0 spiro atoms. The van der Waals surface area contributed by atoms with Crippen LogP contribution in [-0.2, 0) is 0 Å². The van der Waals surface area contributed by atoms with Crippen LogP contribution in [0.2, 0.25) is 0 Å². The summed E-state index contributed by atoms with van der Waals surface area (Å²) in [6.07, 6.45) is 4.63. The molecule has 2 aliphatic rings. The van der Waals surface area contributed by atoms with Crippen LogP contribution >= 0.6 is 0 Å². The summed E-state index contributed by atoms with van der Waals surface area (Å²) < 4.78 is 0. The minimum absolute atomic E-state index is 0.0690. The summed E-state index contributed by atoms with van der Waals surface area (Å²) in [6.45, 7) is 2.01. The van der Waals surface area contributed by atoms with Crippen LogP contribution in [0.5, 0.6) is 0 Å². The van der Waals surface area contributed by atoms with E-state index in [1.54, 1.807) is 0 Å². The van der Waals surface area contributed by atoms with Gasteiger partial charge in [-0.05, 0) is 25.7 Å². The number of rotatable bonds is 1. The van der Waals surface area contributed by atoms with E-state index in [4.69, 9.17) is 5.73 Å². The molecule has 3 N–H and O–H groups in total. The molecule has 11 heavy (non-hydrogen) atoms. The molecule has 0 bridgehead atoms. The Balaban J connectivity index is 2.07. The van der Waals surface area contributed by atoms with Crippen LogP contribution in [-0.4, -0.2) is 24.5 Å². The van der Waals surface area contributed by atoms with Crippen molar-refractivity contribution in [2.75, 3.05) is 13.1 Å². The predicted octanol–water partition coefficient (Wildman–Crippen LogP) is 0.260. The van der Waals surface area contributed by atoms with Crippen molar-refractivity contribution in [3.63, 3.8) is 0 Å². The van der Waals surface area contributed by atoms with Gasteiger partial charge in [-0.1, -0.05) is 0 Å². The first kappa shape index (κ1) is 7.10. The molecular formula is C8H15N3. The van der Waals surface area contributed by atoms with E-state index in [0.717, 1.165) is 38.2 Å². The normalized spacial score (nSPS) is 28.3. The van der Waals surface area contributed by atoms with Crippen LogP contribution < -0.4 is 11.1 Å². The van der Waals surface area contributed by atoms with Gasteiger partial charge >= 0.3 is 0 Å². The van der Waals surface area contributed by atoms with Crippen LogP contribution in [0, 0.1) is 0 Å². The Hall–Kier alpha value is -0.570. The molecule has 2 rings (SSSR count). The SMILES string of the molecule is NC1(C2=NCCCN2)CCC1. The van der Waals surface area contributed by atoms with Crippen molar-refractivity contribution in [2.24, 2.45) is 10.7 Å². The molecule has 1 heterocycles. The third-order valence-corrected chi connectivity index (χ3v) is 2.61. The molecule has 0 radical (unpaired) electrons. The largest absolute Gasteiger partial charge is 0.372 e. The molecule has 3 nitrogen and oxygen atoms in total. The van der Waals surface area contributed by atoms with Gasteiger partial charge in [-0.15, -0.1) is 0 Å². The second-order valence-corrected chi connectivity index (χ2v) is 3.52. The summed E-state index contributed by atoms with van der Waals surface area (Å²) in [4.78, 5) is 4.40. The molecule has 0 unspecified atom stereocenters. The van der Waals surface area contributed by atoms with Gasteiger partial charge in [0.1, 0.15) is 5.84 Å². The maximum absolute atomic E-state index is 6.08. The molecule has 3 heteroatoms. The quantitative estimate of drug-likeness (QED) is 0.567. The molecule has 1 fully saturated rings. The van der Waals surface area contributed by atoms with Crippen molar-refractivity contribution < 1.29 is 0 Å². The first-order chi connectivity index (χ1) is 5.31. The van der Waals surface area contributed by atoms with Gasteiger partial charge in [0.05, 0.1) is 5.54 Å². The Morgan fingerprint density at radius 2 is 2.18 bits per heavy atom. The van der Waals surface area contributed by atoms with Gasteiger partial charge in [0.2, 0.25) is 0 Å². The van der Waals surface area contributed by atoms with Crippen molar-refractivity contribution >= 4 is 5.84 Å². The van der Waals surface area contributed by atoms with Crippen LogP contribution in [0.25, 0.3) is 0 Å². The van der Waals surface area contributed by atoms with Crippen molar-refractivity contribution in [2.45, 2.75) is 31.2 Å². The maximum atomic E-state index is 6.08. The number of hydrogen-bond acceptors (Lipinski definition) is 3. The molecule has 0 atom stereocenters. The summed E-state index contributed by atoms with van der Waals surface area (Å²) in [7, 11) is 0. The first-order valence-corrected chi connectivity index (χ1v) is 4.39. The lowest BCUT2D eigenvalue weighted by molar-refractivity contribution is 0.331. The molecule has 0 saturated heterocycles. The number of aliphatic imine (C=N–C) groups is 1. The average molecular weight is 153 g/mol. The zero-order valence-corrected chi connectivity index (χ0v) is 6.77. The number of amidine groups is 1. The molecule has 1 saturated carbocycles. The Labute approximate surface area is 67.1 Å².